The zero-order valence-corrected chi connectivity index (χ0v) is 43.2. The summed E-state index contributed by atoms with van der Waals surface area (Å²) in [6.07, 6.45) is 45.9. The van der Waals surface area contributed by atoms with Gasteiger partial charge in [-0.1, -0.05) is 233 Å². The highest BCUT2D eigenvalue weighted by Gasteiger charge is 2.34. The molecule has 0 radical (unpaired) electrons. The number of unbranched alkanes of at least 4 members (excludes halogenated alkanes) is 33. The van der Waals surface area contributed by atoms with Crippen LogP contribution in [0.3, 0.4) is 0 Å². The number of thioether (sulfide) groups is 1. The first kappa shape index (κ1) is 60.7. The summed E-state index contributed by atoms with van der Waals surface area (Å²) in [5.41, 5.74) is -0.693. The third-order valence-electron chi connectivity index (χ3n) is 11.9. The van der Waals surface area contributed by atoms with E-state index in [1.807, 2.05) is 27.7 Å². The zero-order valence-electron chi connectivity index (χ0n) is 42.4. The zero-order chi connectivity index (χ0) is 45.8. The average Bonchev–Trinajstić information content (AvgIpc) is 3.22. The molecule has 0 saturated heterocycles. The average molecular weight is 897 g/mol. The normalized spacial score (nSPS) is 13.2. The lowest BCUT2D eigenvalue weighted by molar-refractivity contribution is -0.157. The summed E-state index contributed by atoms with van der Waals surface area (Å²) in [6.45, 7) is 15.0. The molecule has 368 valence electrons. The van der Waals surface area contributed by atoms with Crippen molar-refractivity contribution in [3.8, 4) is 0 Å². The minimum Gasteiger partial charge on any atom is -0.458 e. The lowest BCUT2D eigenvalue weighted by Gasteiger charge is -2.31. The fourth-order valence-corrected chi connectivity index (χ4v) is 9.06. The number of ether oxygens (including phenoxy) is 3. The smallest absolute Gasteiger partial charge is 0.330 e. The van der Waals surface area contributed by atoms with Crippen LogP contribution in [0.25, 0.3) is 0 Å². The molecule has 0 fully saturated rings. The van der Waals surface area contributed by atoms with Crippen LogP contribution in [-0.2, 0) is 28.6 Å². The predicted octanol–water partition coefficient (Wildman–Crippen LogP) is 16.7. The van der Waals surface area contributed by atoms with Gasteiger partial charge >= 0.3 is 11.9 Å². The van der Waals surface area contributed by atoms with E-state index in [1.54, 1.807) is 0 Å². The number of nitrogens with one attached hydrogen (secondary N) is 1. The molecule has 7 nitrogen and oxygen atoms in total. The van der Waals surface area contributed by atoms with Gasteiger partial charge in [0.1, 0.15) is 11.6 Å². The Morgan fingerprint density at radius 2 is 0.790 bits per heavy atom. The van der Waals surface area contributed by atoms with Gasteiger partial charge in [0.25, 0.3) is 0 Å². The Bertz CT molecular complexity index is 1020. The first-order valence-corrected chi connectivity index (χ1v) is 27.9. The highest BCUT2D eigenvalue weighted by Crippen LogP contribution is 2.30. The topological polar surface area (TPSA) is 90.9 Å². The Hall–Kier alpha value is -1.28. The second-order valence-electron chi connectivity index (χ2n) is 19.8. The molecule has 0 aliphatic heterocycles. The molecule has 1 amide bonds. The van der Waals surface area contributed by atoms with E-state index in [1.165, 1.54) is 192 Å². The summed E-state index contributed by atoms with van der Waals surface area (Å²) in [6, 6.07) is -0.852. The molecule has 2 atom stereocenters. The van der Waals surface area contributed by atoms with Gasteiger partial charge in [0.15, 0.2) is 4.93 Å². The minimum absolute atomic E-state index is 0.136. The van der Waals surface area contributed by atoms with Gasteiger partial charge in [-0.3, -0.25) is 9.59 Å². The molecule has 0 heterocycles. The third kappa shape index (κ3) is 42.7. The molecule has 0 aromatic carbocycles. The summed E-state index contributed by atoms with van der Waals surface area (Å²) in [4.78, 5) is 38.9. The largest absolute Gasteiger partial charge is 0.458 e. The van der Waals surface area contributed by atoms with Crippen molar-refractivity contribution in [3.05, 3.63) is 0 Å². The van der Waals surface area contributed by atoms with Gasteiger partial charge < -0.3 is 19.5 Å². The van der Waals surface area contributed by atoms with Crippen molar-refractivity contribution in [1.29, 1.82) is 0 Å². The molecular weight excluding hydrogens is 791 g/mol. The van der Waals surface area contributed by atoms with E-state index in [9.17, 15) is 14.4 Å². The SMILES string of the molecule is CCCCCCCCCCCCCCCCOCC(C)(OC(=O)CCCCCCCCCCC)SC[C@H](NC(=O)CCCCCCCCCCCCCCC)C(=O)OC(C)(C)C. The van der Waals surface area contributed by atoms with Crippen molar-refractivity contribution in [1.82, 2.24) is 5.32 Å². The maximum Gasteiger partial charge on any atom is 0.330 e. The standard InChI is InChI=1S/C54H105NO6S/c1-8-11-14-17-20-23-25-27-29-31-34-37-40-43-46-59-48-54(7,60-51(57)45-42-39-36-32-22-19-16-13-10-3)62-47-49(52(58)61-53(4,5)6)55-50(56)44-41-38-35-33-30-28-26-24-21-18-15-12-9-2/h49H,8-48H2,1-7H3,(H,55,56)/t49-,54?/m0/s1. The van der Waals surface area contributed by atoms with Crippen LogP contribution in [0.1, 0.15) is 292 Å². The van der Waals surface area contributed by atoms with Gasteiger partial charge in [-0.15, -0.1) is 11.8 Å². The molecule has 0 aliphatic carbocycles. The minimum atomic E-state index is -0.994. The van der Waals surface area contributed by atoms with Crippen molar-refractivity contribution in [2.45, 2.75) is 309 Å². The highest BCUT2D eigenvalue weighted by atomic mass is 32.2. The molecule has 0 saturated carbocycles. The van der Waals surface area contributed by atoms with Crippen molar-refractivity contribution in [2.75, 3.05) is 19.0 Å². The second kappa shape index (κ2) is 43.6. The number of carbonyl (C=O) groups is 3. The van der Waals surface area contributed by atoms with Crippen LogP contribution in [0.5, 0.6) is 0 Å². The number of rotatable bonds is 47. The number of esters is 2. The first-order chi connectivity index (χ1) is 30.0. The molecule has 1 N–H and O–H groups in total. The molecule has 0 aromatic rings. The Kier molecular flexibility index (Phi) is 42.7. The number of amides is 1. The molecule has 0 bridgehead atoms. The van der Waals surface area contributed by atoms with Crippen LogP contribution >= 0.6 is 11.8 Å². The van der Waals surface area contributed by atoms with Crippen LogP contribution < -0.4 is 5.32 Å². The van der Waals surface area contributed by atoms with Crippen LogP contribution in [0, 0.1) is 0 Å². The second-order valence-corrected chi connectivity index (χ2v) is 21.3. The van der Waals surface area contributed by atoms with Crippen LogP contribution in [-0.4, -0.2) is 53.4 Å². The van der Waals surface area contributed by atoms with Crippen molar-refractivity contribution in [2.24, 2.45) is 0 Å². The fourth-order valence-electron chi connectivity index (χ4n) is 8.00. The maximum absolute atomic E-state index is 13.5. The molecule has 0 rings (SSSR count). The molecule has 0 aromatic heterocycles. The Labute approximate surface area is 390 Å². The Balaban J connectivity index is 5.00. The van der Waals surface area contributed by atoms with Crippen LogP contribution in [0.15, 0.2) is 0 Å². The lowest BCUT2D eigenvalue weighted by Crippen LogP contribution is -2.47. The Morgan fingerprint density at radius 1 is 0.452 bits per heavy atom. The summed E-state index contributed by atoms with van der Waals surface area (Å²) >= 11 is 1.36. The van der Waals surface area contributed by atoms with E-state index in [0.29, 0.717) is 19.4 Å². The lowest BCUT2D eigenvalue weighted by atomic mass is 10.0. The van der Waals surface area contributed by atoms with Crippen LogP contribution in [0.4, 0.5) is 0 Å². The van der Waals surface area contributed by atoms with Crippen molar-refractivity contribution < 1.29 is 28.6 Å². The van der Waals surface area contributed by atoms with E-state index in [4.69, 9.17) is 14.2 Å². The van der Waals surface area contributed by atoms with Gasteiger partial charge in [-0.05, 0) is 47.0 Å². The van der Waals surface area contributed by atoms with Gasteiger partial charge in [0, 0.05) is 25.2 Å². The van der Waals surface area contributed by atoms with Gasteiger partial charge in [-0.25, -0.2) is 4.79 Å². The van der Waals surface area contributed by atoms with Crippen molar-refractivity contribution in [3.63, 3.8) is 0 Å². The number of carbonyl (C=O) groups excluding carboxylic acids is 3. The summed E-state index contributed by atoms with van der Waals surface area (Å²) in [7, 11) is 0. The molecule has 8 heteroatoms. The quantitative estimate of drug-likeness (QED) is 0.0370. The van der Waals surface area contributed by atoms with E-state index < -0.39 is 22.5 Å². The van der Waals surface area contributed by atoms with Gasteiger partial charge in [0.05, 0.1) is 6.61 Å². The van der Waals surface area contributed by atoms with E-state index in [-0.39, 0.29) is 24.2 Å². The molecular formula is C54H105NO6S. The monoisotopic (exact) mass is 896 g/mol. The highest BCUT2D eigenvalue weighted by molar-refractivity contribution is 8.00. The van der Waals surface area contributed by atoms with Gasteiger partial charge in [0.2, 0.25) is 5.91 Å². The van der Waals surface area contributed by atoms with Crippen molar-refractivity contribution >= 4 is 29.6 Å². The molecule has 1 unspecified atom stereocenters. The summed E-state index contributed by atoms with van der Waals surface area (Å²) in [5, 5.41) is 2.99. The third-order valence-corrected chi connectivity index (χ3v) is 13.2. The van der Waals surface area contributed by atoms with E-state index in [2.05, 4.69) is 26.1 Å². The van der Waals surface area contributed by atoms with E-state index in [0.717, 1.165) is 51.4 Å². The summed E-state index contributed by atoms with van der Waals surface area (Å²) in [5.74, 6) is -0.607. The molecule has 0 aliphatic rings. The number of hydrogen-bond donors (Lipinski definition) is 1. The first-order valence-electron chi connectivity index (χ1n) is 26.9. The molecule has 0 spiro atoms. The maximum atomic E-state index is 13.5. The molecule has 62 heavy (non-hydrogen) atoms. The van der Waals surface area contributed by atoms with Crippen LogP contribution in [0.2, 0.25) is 0 Å². The number of hydrogen-bond acceptors (Lipinski definition) is 7. The summed E-state index contributed by atoms with van der Waals surface area (Å²) < 4.78 is 18.1. The van der Waals surface area contributed by atoms with Gasteiger partial charge in [-0.2, -0.15) is 0 Å². The predicted molar refractivity (Wildman–Crippen MR) is 268 cm³/mol. The van der Waals surface area contributed by atoms with E-state index >= 15 is 0 Å². The fraction of sp³-hybridized carbons (Fsp3) is 0.944. The Morgan fingerprint density at radius 3 is 1.16 bits per heavy atom.